The van der Waals surface area contributed by atoms with Crippen molar-refractivity contribution in [1.29, 1.82) is 0 Å². The molecule has 2 aromatic rings. The lowest BCUT2D eigenvalue weighted by Crippen LogP contribution is -2.62. The summed E-state index contributed by atoms with van der Waals surface area (Å²) in [6.07, 6.45) is 4.37. The van der Waals surface area contributed by atoms with Crippen molar-refractivity contribution in [3.63, 3.8) is 0 Å². The van der Waals surface area contributed by atoms with Crippen molar-refractivity contribution in [3.8, 4) is 0 Å². The summed E-state index contributed by atoms with van der Waals surface area (Å²) in [5.74, 6) is 0.664. The Balaban J connectivity index is 1.55. The second kappa shape index (κ2) is 5.46. The van der Waals surface area contributed by atoms with E-state index in [0.717, 1.165) is 12.1 Å². The van der Waals surface area contributed by atoms with E-state index in [-0.39, 0.29) is 6.03 Å². The maximum Gasteiger partial charge on any atom is 0.323 e. The molecular weight excluding hydrogens is 308 g/mol. The number of carbonyl (C=O) groups excluding carboxylic acids is 1. The molecule has 2 aromatic heterocycles. The number of imidazole rings is 1. The lowest BCUT2D eigenvalue weighted by atomic mass is 9.95. The second-order valence-corrected chi connectivity index (χ2v) is 7.21. The summed E-state index contributed by atoms with van der Waals surface area (Å²) >= 11 is 0. The van der Waals surface area contributed by atoms with Gasteiger partial charge in [0, 0.05) is 19.2 Å². The monoisotopic (exact) mass is 330 g/mol. The Morgan fingerprint density at radius 3 is 3.00 bits per heavy atom. The van der Waals surface area contributed by atoms with Crippen molar-refractivity contribution < 1.29 is 14.3 Å². The van der Waals surface area contributed by atoms with Crippen LogP contribution < -0.4 is 5.32 Å². The predicted octanol–water partition coefficient (Wildman–Crippen LogP) is 2.14. The van der Waals surface area contributed by atoms with Crippen LogP contribution in [-0.4, -0.2) is 57.8 Å². The number of urea groups is 1. The molecule has 1 atom stereocenters. The minimum absolute atomic E-state index is 0.136. The highest BCUT2D eigenvalue weighted by atomic mass is 16.6. The summed E-state index contributed by atoms with van der Waals surface area (Å²) < 4.78 is 13.6. The molecule has 128 valence electrons. The maximum absolute atomic E-state index is 12.8. The quantitative estimate of drug-likeness (QED) is 0.870. The molecule has 1 N–H and O–H groups in total. The Kier molecular flexibility index (Phi) is 3.51. The first kappa shape index (κ1) is 15.4. The van der Waals surface area contributed by atoms with Gasteiger partial charge in [0.15, 0.2) is 0 Å². The van der Waals surface area contributed by atoms with E-state index in [1.807, 2.05) is 47.5 Å². The number of anilines is 1. The zero-order valence-corrected chi connectivity index (χ0v) is 14.0. The van der Waals surface area contributed by atoms with Crippen LogP contribution in [0.15, 0.2) is 30.6 Å². The van der Waals surface area contributed by atoms with Gasteiger partial charge in [-0.2, -0.15) is 0 Å². The third-order valence-corrected chi connectivity index (χ3v) is 4.55. The molecule has 2 saturated heterocycles. The largest absolute Gasteiger partial charge is 0.378 e. The first-order chi connectivity index (χ1) is 11.5. The fraction of sp³-hybridized carbons (Fsp3) is 0.529. The van der Waals surface area contributed by atoms with E-state index >= 15 is 0 Å². The number of pyridine rings is 1. The number of amides is 2. The maximum atomic E-state index is 12.8. The molecule has 24 heavy (non-hydrogen) atoms. The van der Waals surface area contributed by atoms with Gasteiger partial charge in [-0.1, -0.05) is 6.07 Å². The second-order valence-electron chi connectivity index (χ2n) is 7.21. The molecule has 7 heteroatoms. The van der Waals surface area contributed by atoms with Crippen LogP contribution in [0.1, 0.15) is 20.3 Å². The van der Waals surface area contributed by atoms with Crippen LogP contribution in [0, 0.1) is 0 Å². The summed E-state index contributed by atoms with van der Waals surface area (Å²) in [7, 11) is 0. The van der Waals surface area contributed by atoms with Crippen molar-refractivity contribution in [2.45, 2.75) is 31.5 Å². The number of hydrogen-bond acceptors (Lipinski definition) is 4. The normalized spacial score (nSPS) is 26.2. The van der Waals surface area contributed by atoms with Gasteiger partial charge in [0.05, 0.1) is 31.5 Å². The van der Waals surface area contributed by atoms with E-state index in [2.05, 4.69) is 10.3 Å². The van der Waals surface area contributed by atoms with E-state index in [4.69, 9.17) is 9.47 Å². The number of fused-ring (bicyclic) bond motifs is 1. The average molecular weight is 330 g/mol. The molecule has 0 aromatic carbocycles. The van der Waals surface area contributed by atoms with Gasteiger partial charge in [0.1, 0.15) is 17.1 Å². The molecule has 2 fully saturated rings. The molecule has 1 spiro atoms. The van der Waals surface area contributed by atoms with Gasteiger partial charge in [-0.3, -0.25) is 9.72 Å². The zero-order chi connectivity index (χ0) is 16.8. The SMILES string of the molecule is CC1(C)CN(C(=O)Nc2cnc3ccccn23)CC2(CCOC2)O1. The van der Waals surface area contributed by atoms with Gasteiger partial charge < -0.3 is 14.4 Å². The summed E-state index contributed by atoms with van der Waals surface area (Å²) in [6.45, 7) is 6.33. The van der Waals surface area contributed by atoms with Crippen LogP contribution in [0.5, 0.6) is 0 Å². The van der Waals surface area contributed by atoms with Crippen molar-refractivity contribution in [2.24, 2.45) is 0 Å². The Labute approximate surface area is 140 Å². The molecule has 0 bridgehead atoms. The molecule has 2 aliphatic rings. The molecule has 1 unspecified atom stereocenters. The molecule has 4 heterocycles. The third-order valence-electron chi connectivity index (χ3n) is 4.55. The first-order valence-electron chi connectivity index (χ1n) is 8.22. The Hall–Kier alpha value is -2.12. The number of ether oxygens (including phenoxy) is 2. The topological polar surface area (TPSA) is 68.1 Å². The first-order valence-corrected chi connectivity index (χ1v) is 8.22. The number of nitrogens with one attached hydrogen (secondary N) is 1. The average Bonchev–Trinajstić information content (AvgIpc) is 3.13. The van der Waals surface area contributed by atoms with Crippen LogP contribution in [0.4, 0.5) is 10.6 Å². The van der Waals surface area contributed by atoms with E-state index in [1.165, 1.54) is 0 Å². The molecule has 0 saturated carbocycles. The smallest absolute Gasteiger partial charge is 0.323 e. The molecular formula is C17H22N4O3. The van der Waals surface area contributed by atoms with Gasteiger partial charge in [0.2, 0.25) is 0 Å². The van der Waals surface area contributed by atoms with E-state index in [9.17, 15) is 4.79 Å². The van der Waals surface area contributed by atoms with Crippen molar-refractivity contribution in [1.82, 2.24) is 14.3 Å². The van der Waals surface area contributed by atoms with Crippen molar-refractivity contribution >= 4 is 17.5 Å². The highest BCUT2D eigenvalue weighted by molar-refractivity contribution is 5.89. The fourth-order valence-corrected chi connectivity index (χ4v) is 3.66. The number of hydrogen-bond donors (Lipinski definition) is 1. The number of nitrogens with zero attached hydrogens (tertiary/aromatic N) is 3. The minimum atomic E-state index is -0.400. The molecule has 7 nitrogen and oxygen atoms in total. The number of morpholine rings is 1. The molecule has 0 radical (unpaired) electrons. The van der Waals surface area contributed by atoms with Crippen LogP contribution in [0.2, 0.25) is 0 Å². The fourth-order valence-electron chi connectivity index (χ4n) is 3.66. The van der Waals surface area contributed by atoms with Gasteiger partial charge in [-0.05, 0) is 26.0 Å². The third kappa shape index (κ3) is 2.74. The van der Waals surface area contributed by atoms with Crippen molar-refractivity contribution in [3.05, 3.63) is 30.6 Å². The Bertz CT molecular complexity index is 764. The lowest BCUT2D eigenvalue weighted by molar-refractivity contribution is -0.185. The van der Waals surface area contributed by atoms with Crippen LogP contribution in [0.25, 0.3) is 5.65 Å². The lowest BCUT2D eigenvalue weighted by Gasteiger charge is -2.47. The Morgan fingerprint density at radius 1 is 1.33 bits per heavy atom. The Morgan fingerprint density at radius 2 is 2.21 bits per heavy atom. The van der Waals surface area contributed by atoms with Crippen molar-refractivity contribution in [2.75, 3.05) is 31.6 Å². The van der Waals surface area contributed by atoms with E-state index in [0.29, 0.717) is 32.1 Å². The van der Waals surface area contributed by atoms with E-state index < -0.39 is 11.2 Å². The van der Waals surface area contributed by atoms with E-state index in [1.54, 1.807) is 6.20 Å². The van der Waals surface area contributed by atoms with Gasteiger partial charge in [0.25, 0.3) is 0 Å². The highest BCUT2D eigenvalue weighted by Crippen LogP contribution is 2.34. The molecule has 2 aliphatic heterocycles. The molecule has 2 amide bonds. The zero-order valence-electron chi connectivity index (χ0n) is 14.0. The predicted molar refractivity (Wildman–Crippen MR) is 89.1 cm³/mol. The summed E-state index contributed by atoms with van der Waals surface area (Å²) in [6, 6.07) is 5.59. The molecule has 4 rings (SSSR count). The highest BCUT2D eigenvalue weighted by Gasteiger charge is 2.48. The van der Waals surface area contributed by atoms with Crippen LogP contribution in [0.3, 0.4) is 0 Å². The molecule has 0 aliphatic carbocycles. The minimum Gasteiger partial charge on any atom is -0.378 e. The number of carbonyl (C=O) groups is 1. The summed E-state index contributed by atoms with van der Waals surface area (Å²) in [5, 5.41) is 2.97. The standard InChI is InChI=1S/C17H22N4O3/c1-16(2)10-20(11-17(24-16)6-8-23-12-17)15(22)19-14-9-18-13-5-3-4-7-21(13)14/h3-5,7,9H,6,8,10-12H2,1-2H3,(H,19,22). The van der Waals surface area contributed by atoms with Crippen LogP contribution in [-0.2, 0) is 9.47 Å². The number of rotatable bonds is 1. The summed E-state index contributed by atoms with van der Waals surface area (Å²) in [5.41, 5.74) is 0.0113. The number of aromatic nitrogens is 2. The van der Waals surface area contributed by atoms with Gasteiger partial charge in [-0.25, -0.2) is 9.78 Å². The summed E-state index contributed by atoms with van der Waals surface area (Å²) in [4.78, 5) is 18.9. The van der Waals surface area contributed by atoms with Gasteiger partial charge in [-0.15, -0.1) is 0 Å². The van der Waals surface area contributed by atoms with Crippen LogP contribution >= 0.6 is 0 Å². The van der Waals surface area contributed by atoms with Gasteiger partial charge >= 0.3 is 6.03 Å².